The van der Waals surface area contributed by atoms with Gasteiger partial charge in [-0.15, -0.1) is 6.58 Å². The lowest BCUT2D eigenvalue weighted by molar-refractivity contribution is -0.123. The molecule has 2 heterocycles. The number of hydrogen-bond acceptors (Lipinski definition) is 4. The number of unbranched alkanes of at least 4 members (excludes halogenated alkanes) is 1. The molecule has 0 radical (unpaired) electrons. The average molecular weight is 415 g/mol. The van der Waals surface area contributed by atoms with Gasteiger partial charge in [-0.05, 0) is 18.4 Å². The number of carbonyl (C=O) groups excluding carboxylic acids is 2. The van der Waals surface area contributed by atoms with Crippen molar-refractivity contribution in [2.24, 2.45) is 5.92 Å². The van der Waals surface area contributed by atoms with Crippen LogP contribution in [0.25, 0.3) is 5.57 Å². The predicted octanol–water partition coefficient (Wildman–Crippen LogP) is 5.01. The Morgan fingerprint density at radius 3 is 2.61 bits per heavy atom. The Bertz CT molecular complexity index is 847. The number of para-hydroxylation sites is 1. The normalized spacial score (nSPS) is 20.1. The van der Waals surface area contributed by atoms with Gasteiger partial charge in [0.25, 0.3) is 11.8 Å². The highest BCUT2D eigenvalue weighted by molar-refractivity contribution is 8.26. The number of fused-ring (bicyclic) bond motifs is 1. The zero-order chi connectivity index (χ0) is 20.3. The van der Waals surface area contributed by atoms with E-state index in [1.807, 2.05) is 24.3 Å². The first-order chi connectivity index (χ1) is 13.5. The van der Waals surface area contributed by atoms with Crippen LogP contribution in [0.3, 0.4) is 0 Å². The zero-order valence-electron chi connectivity index (χ0n) is 16.4. The average Bonchev–Trinajstić information content (AvgIpc) is 3.13. The summed E-state index contributed by atoms with van der Waals surface area (Å²) < 4.78 is 0.551. The van der Waals surface area contributed by atoms with Gasteiger partial charge in [-0.1, -0.05) is 81.4 Å². The Balaban J connectivity index is 1.94. The molecular formula is C22H26N2O2S2. The third-order valence-corrected chi connectivity index (χ3v) is 6.74. The molecule has 0 bridgehead atoms. The monoisotopic (exact) mass is 414 g/mol. The summed E-state index contributed by atoms with van der Waals surface area (Å²) in [6.45, 7) is 9.12. The molecule has 0 spiro atoms. The summed E-state index contributed by atoms with van der Waals surface area (Å²) in [5, 5.41) is 0. The van der Waals surface area contributed by atoms with Crippen LogP contribution in [0.2, 0.25) is 0 Å². The molecule has 1 unspecified atom stereocenters. The summed E-state index contributed by atoms with van der Waals surface area (Å²) in [6.07, 6.45) is 6.09. The molecule has 4 nitrogen and oxygen atoms in total. The van der Waals surface area contributed by atoms with E-state index < -0.39 is 0 Å². The summed E-state index contributed by atoms with van der Waals surface area (Å²) in [5.74, 6) is 0.138. The lowest BCUT2D eigenvalue weighted by Crippen LogP contribution is -2.33. The Morgan fingerprint density at radius 2 is 1.93 bits per heavy atom. The van der Waals surface area contributed by atoms with Crippen LogP contribution in [0, 0.1) is 5.92 Å². The molecule has 6 heteroatoms. The summed E-state index contributed by atoms with van der Waals surface area (Å²) in [4.78, 5) is 30.1. The Kier molecular flexibility index (Phi) is 6.73. The second-order valence-electron chi connectivity index (χ2n) is 7.13. The van der Waals surface area contributed by atoms with Crippen molar-refractivity contribution < 1.29 is 9.59 Å². The number of hydrogen-bond donors (Lipinski definition) is 0. The third-order valence-electron chi connectivity index (χ3n) is 5.30. The van der Waals surface area contributed by atoms with Gasteiger partial charge in [-0.2, -0.15) is 0 Å². The predicted molar refractivity (Wildman–Crippen MR) is 121 cm³/mol. The van der Waals surface area contributed by atoms with Gasteiger partial charge in [0.1, 0.15) is 4.32 Å². The van der Waals surface area contributed by atoms with Gasteiger partial charge in [-0.3, -0.25) is 14.5 Å². The Labute approximate surface area is 176 Å². The summed E-state index contributed by atoms with van der Waals surface area (Å²) in [6, 6.07) is 7.59. The SMILES string of the molecule is C=CCN1C(=O)C(=C2SC(=S)N(CC(CC)CCCC)C2=O)c2ccccc21. The molecule has 0 N–H and O–H groups in total. The van der Waals surface area contributed by atoms with Crippen LogP contribution in [0.4, 0.5) is 5.69 Å². The number of rotatable bonds is 8. The molecule has 2 aliphatic rings. The van der Waals surface area contributed by atoms with Crippen LogP contribution in [0.5, 0.6) is 0 Å². The van der Waals surface area contributed by atoms with E-state index in [1.54, 1.807) is 15.9 Å². The minimum atomic E-state index is -0.153. The number of thiocarbonyl (C=S) groups is 1. The first kappa shape index (κ1) is 20.8. The molecule has 1 aromatic carbocycles. The lowest BCUT2D eigenvalue weighted by Gasteiger charge is -2.21. The summed E-state index contributed by atoms with van der Waals surface area (Å²) in [7, 11) is 0. The van der Waals surface area contributed by atoms with E-state index in [9.17, 15) is 9.59 Å². The summed E-state index contributed by atoms with van der Waals surface area (Å²) in [5.41, 5.74) is 2.09. The molecule has 3 rings (SSSR count). The molecule has 1 saturated heterocycles. The van der Waals surface area contributed by atoms with Crippen LogP contribution in [-0.2, 0) is 9.59 Å². The lowest BCUT2D eigenvalue weighted by atomic mass is 9.98. The smallest absolute Gasteiger partial charge is 0.267 e. The molecule has 0 saturated carbocycles. The van der Waals surface area contributed by atoms with Crippen LogP contribution >= 0.6 is 24.0 Å². The van der Waals surface area contributed by atoms with Crippen molar-refractivity contribution in [2.45, 2.75) is 39.5 Å². The van der Waals surface area contributed by atoms with Gasteiger partial charge in [0.15, 0.2) is 0 Å². The van der Waals surface area contributed by atoms with Crippen molar-refractivity contribution in [3.63, 3.8) is 0 Å². The van der Waals surface area contributed by atoms with Crippen molar-refractivity contribution in [1.29, 1.82) is 0 Å². The zero-order valence-corrected chi connectivity index (χ0v) is 18.1. The molecule has 148 valence electrons. The number of benzene rings is 1. The van der Waals surface area contributed by atoms with Crippen LogP contribution in [0.1, 0.15) is 45.1 Å². The number of thioether (sulfide) groups is 1. The first-order valence-electron chi connectivity index (χ1n) is 9.83. The molecule has 1 aromatic rings. The largest absolute Gasteiger partial charge is 0.304 e. The van der Waals surface area contributed by atoms with E-state index in [4.69, 9.17) is 12.2 Å². The van der Waals surface area contributed by atoms with E-state index in [-0.39, 0.29) is 11.8 Å². The number of amides is 2. The van der Waals surface area contributed by atoms with Gasteiger partial charge < -0.3 is 4.90 Å². The fourth-order valence-electron chi connectivity index (χ4n) is 3.69. The molecule has 1 atom stereocenters. The molecule has 1 fully saturated rings. The highest BCUT2D eigenvalue weighted by atomic mass is 32.2. The van der Waals surface area contributed by atoms with E-state index in [0.29, 0.717) is 33.8 Å². The Morgan fingerprint density at radius 1 is 1.18 bits per heavy atom. The van der Waals surface area contributed by atoms with Crippen molar-refractivity contribution in [3.8, 4) is 0 Å². The van der Waals surface area contributed by atoms with E-state index in [2.05, 4.69) is 20.4 Å². The van der Waals surface area contributed by atoms with Crippen molar-refractivity contribution >= 4 is 51.4 Å². The molecule has 0 aromatic heterocycles. The molecular weight excluding hydrogens is 388 g/mol. The van der Waals surface area contributed by atoms with Crippen molar-refractivity contribution in [1.82, 2.24) is 4.90 Å². The van der Waals surface area contributed by atoms with Gasteiger partial charge in [0.2, 0.25) is 0 Å². The first-order valence-corrected chi connectivity index (χ1v) is 11.1. The van der Waals surface area contributed by atoms with Gasteiger partial charge in [0.05, 0.1) is 16.2 Å². The number of nitrogens with zero attached hydrogens (tertiary/aromatic N) is 2. The molecule has 0 aliphatic carbocycles. The maximum atomic E-state index is 13.2. The maximum Gasteiger partial charge on any atom is 0.267 e. The second-order valence-corrected chi connectivity index (χ2v) is 8.77. The fourth-order valence-corrected chi connectivity index (χ4v) is 5.04. The van der Waals surface area contributed by atoms with Gasteiger partial charge >= 0.3 is 0 Å². The Hall–Kier alpha value is -1.92. The highest BCUT2D eigenvalue weighted by Gasteiger charge is 2.41. The van der Waals surface area contributed by atoms with Gasteiger partial charge in [0, 0.05) is 18.7 Å². The highest BCUT2D eigenvalue weighted by Crippen LogP contribution is 2.44. The van der Waals surface area contributed by atoms with Crippen LogP contribution in [0.15, 0.2) is 41.8 Å². The van der Waals surface area contributed by atoms with E-state index in [1.165, 1.54) is 11.8 Å². The minimum Gasteiger partial charge on any atom is -0.304 e. The van der Waals surface area contributed by atoms with Gasteiger partial charge in [-0.25, -0.2) is 0 Å². The van der Waals surface area contributed by atoms with Crippen molar-refractivity contribution in [2.75, 3.05) is 18.0 Å². The molecule has 2 amide bonds. The topological polar surface area (TPSA) is 40.6 Å². The molecule has 2 aliphatic heterocycles. The number of carbonyl (C=O) groups is 2. The third kappa shape index (κ3) is 3.80. The quantitative estimate of drug-likeness (QED) is 0.341. The standard InChI is InChI=1S/C22H26N2O2S2/c1-4-7-10-15(6-3)14-24-21(26)19(28-22(24)27)18-16-11-8-9-12-17(16)23(13-5-2)20(18)25/h5,8-9,11-12,15H,2,4,6-7,10,13-14H2,1,3H3. The fraction of sp³-hybridized carbons (Fsp3) is 0.409. The van der Waals surface area contributed by atoms with E-state index >= 15 is 0 Å². The number of anilines is 1. The summed E-state index contributed by atoms with van der Waals surface area (Å²) >= 11 is 6.78. The second kappa shape index (κ2) is 9.05. The molecule has 28 heavy (non-hydrogen) atoms. The van der Waals surface area contributed by atoms with E-state index in [0.717, 1.165) is 36.9 Å². The van der Waals surface area contributed by atoms with Crippen LogP contribution < -0.4 is 4.90 Å². The van der Waals surface area contributed by atoms with Crippen molar-refractivity contribution in [3.05, 3.63) is 47.4 Å². The minimum absolute atomic E-state index is 0.136. The van der Waals surface area contributed by atoms with Crippen LogP contribution in [-0.4, -0.2) is 34.1 Å². The maximum absolute atomic E-state index is 13.2.